The molecule has 0 saturated heterocycles. The number of nitrogens with two attached hydrogens (primary N) is 1. The minimum Gasteiger partial charge on any atom is -0.326 e. The summed E-state index contributed by atoms with van der Waals surface area (Å²) in [5.74, 6) is 0. The first-order valence-corrected chi connectivity index (χ1v) is 8.16. The van der Waals surface area contributed by atoms with Gasteiger partial charge in [-0.25, -0.2) is 8.42 Å². The zero-order chi connectivity index (χ0) is 11.4. The number of rotatable bonds is 5. The molecule has 0 aromatic rings. The Morgan fingerprint density at radius 1 is 1.29 bits per heavy atom. The van der Waals surface area contributed by atoms with Gasteiger partial charge in [-0.15, -0.1) is 23.5 Å². The molecule has 0 aromatic heterocycles. The summed E-state index contributed by atoms with van der Waals surface area (Å²) in [4.78, 5) is 0.368. The summed E-state index contributed by atoms with van der Waals surface area (Å²) < 4.78 is 24.5. The van der Waals surface area contributed by atoms with Gasteiger partial charge in [0.1, 0.15) is 0 Å². The highest BCUT2D eigenvalue weighted by Crippen LogP contribution is 2.31. The van der Waals surface area contributed by atoms with Gasteiger partial charge in [0.2, 0.25) is 0 Å². The van der Waals surface area contributed by atoms with Crippen LogP contribution >= 0.6 is 23.5 Å². The van der Waals surface area contributed by atoms with E-state index < -0.39 is 15.1 Å². The van der Waals surface area contributed by atoms with E-state index in [1.807, 2.05) is 12.5 Å². The Labute approximate surface area is 94.8 Å². The topological polar surface area (TPSA) is 60.2 Å². The maximum Gasteiger partial charge on any atom is 0.179 e. The molecule has 0 rings (SSSR count). The Bertz CT molecular complexity index is 301. The normalized spacial score (nSPS) is 11.9. The lowest BCUT2D eigenvalue weighted by atomic mass is 10.6. The van der Waals surface area contributed by atoms with Crippen LogP contribution in [0.2, 0.25) is 0 Å². The minimum absolute atomic E-state index is 0.0809. The first kappa shape index (κ1) is 14.3. The molecule has 84 valence electrons. The fourth-order valence-electron chi connectivity index (χ4n) is 0.911. The molecule has 0 atom stereocenters. The van der Waals surface area contributed by atoms with E-state index in [9.17, 15) is 8.42 Å². The molecule has 0 amide bonds. The fourth-order valence-corrected chi connectivity index (χ4v) is 4.43. The van der Waals surface area contributed by atoms with E-state index in [0.717, 1.165) is 4.24 Å². The van der Waals surface area contributed by atoms with Gasteiger partial charge in [-0.3, -0.25) is 0 Å². The molecule has 0 aliphatic heterocycles. The molecule has 0 aliphatic rings. The van der Waals surface area contributed by atoms with E-state index in [4.69, 9.17) is 5.73 Å². The van der Waals surface area contributed by atoms with Crippen molar-refractivity contribution in [3.8, 4) is 0 Å². The van der Waals surface area contributed by atoms with Gasteiger partial charge in [-0.2, -0.15) is 0 Å². The van der Waals surface area contributed by atoms with Crippen LogP contribution in [0.3, 0.4) is 0 Å². The lowest BCUT2D eigenvalue weighted by Gasteiger charge is -2.13. The third kappa shape index (κ3) is 3.18. The molecular formula is C8H17NO2S3. The molecule has 6 heteroatoms. The second-order valence-corrected chi connectivity index (χ2v) is 7.33. The maximum absolute atomic E-state index is 11.9. The smallest absolute Gasteiger partial charge is 0.179 e. The van der Waals surface area contributed by atoms with Crippen LogP contribution in [0.1, 0.15) is 13.8 Å². The van der Waals surface area contributed by atoms with Crippen molar-refractivity contribution in [3.63, 3.8) is 0 Å². The Hall–Kier alpha value is 0.350. The summed E-state index contributed by atoms with van der Waals surface area (Å²) >= 11 is 2.86. The van der Waals surface area contributed by atoms with Crippen molar-refractivity contribution >= 4 is 33.4 Å². The largest absolute Gasteiger partial charge is 0.326 e. The second kappa shape index (κ2) is 6.05. The summed E-state index contributed by atoms with van der Waals surface area (Å²) in [7, 11) is -3.20. The number of hydrogen-bond acceptors (Lipinski definition) is 5. The molecule has 2 N–H and O–H groups in total. The first-order valence-electron chi connectivity index (χ1n) is 4.16. The third-order valence-corrected chi connectivity index (χ3v) is 6.54. The lowest BCUT2D eigenvalue weighted by molar-refractivity contribution is 0.593. The average Bonchev–Trinajstić information content (AvgIpc) is 2.13. The van der Waals surface area contributed by atoms with Gasteiger partial charge >= 0.3 is 0 Å². The Balaban J connectivity index is 5.38. The Morgan fingerprint density at radius 2 is 1.71 bits per heavy atom. The van der Waals surface area contributed by atoms with Crippen LogP contribution in [0.5, 0.6) is 0 Å². The quantitative estimate of drug-likeness (QED) is 0.809. The van der Waals surface area contributed by atoms with Crippen molar-refractivity contribution < 1.29 is 8.42 Å². The molecule has 0 bridgehead atoms. The number of thioether (sulfide) groups is 2. The van der Waals surface area contributed by atoms with Gasteiger partial charge in [0.15, 0.2) is 9.84 Å². The van der Waals surface area contributed by atoms with Crippen LogP contribution < -0.4 is 5.73 Å². The third-order valence-electron chi connectivity index (χ3n) is 1.75. The molecular weight excluding hydrogens is 238 g/mol. The Kier molecular flexibility index (Phi) is 6.20. The van der Waals surface area contributed by atoms with Crippen molar-refractivity contribution in [2.45, 2.75) is 19.1 Å². The van der Waals surface area contributed by atoms with Crippen molar-refractivity contribution in [3.05, 3.63) is 9.14 Å². The van der Waals surface area contributed by atoms with Gasteiger partial charge in [0, 0.05) is 6.54 Å². The molecule has 0 saturated carbocycles. The molecule has 0 spiro atoms. The van der Waals surface area contributed by atoms with Crippen molar-refractivity contribution in [1.82, 2.24) is 0 Å². The van der Waals surface area contributed by atoms with Gasteiger partial charge in [-0.1, -0.05) is 0 Å². The first-order chi connectivity index (χ1) is 6.41. The van der Waals surface area contributed by atoms with Gasteiger partial charge in [0.05, 0.1) is 14.4 Å². The zero-order valence-electron chi connectivity index (χ0n) is 8.90. The highest BCUT2D eigenvalue weighted by Gasteiger charge is 2.24. The van der Waals surface area contributed by atoms with Crippen LogP contribution in [0.15, 0.2) is 9.14 Å². The predicted molar refractivity (Wildman–Crippen MR) is 67.2 cm³/mol. The van der Waals surface area contributed by atoms with Crippen molar-refractivity contribution in [2.75, 3.05) is 19.1 Å². The molecule has 0 aromatic carbocycles. The summed E-state index contributed by atoms with van der Waals surface area (Å²) in [6, 6.07) is 0. The highest BCUT2D eigenvalue weighted by atomic mass is 32.2. The molecule has 0 heterocycles. The van der Waals surface area contributed by atoms with Crippen LogP contribution in [0.25, 0.3) is 0 Å². The maximum atomic E-state index is 11.9. The minimum atomic E-state index is -3.20. The van der Waals surface area contributed by atoms with Gasteiger partial charge in [-0.05, 0) is 26.4 Å². The monoisotopic (exact) mass is 255 g/mol. The fraction of sp³-hybridized carbons (Fsp3) is 0.750. The van der Waals surface area contributed by atoms with E-state index in [2.05, 4.69) is 0 Å². The molecule has 0 radical (unpaired) electrons. The molecule has 14 heavy (non-hydrogen) atoms. The standard InChI is InChI=1S/C8H17NO2S3/c1-6(2)14(10,11)7(5-9)8(12-3)13-4/h6H,5,9H2,1-4H3. The SMILES string of the molecule is CSC(SC)=C(CN)S(=O)(=O)C(C)C. The summed E-state index contributed by atoms with van der Waals surface area (Å²) in [5, 5.41) is -0.407. The molecule has 0 unspecified atom stereocenters. The lowest BCUT2D eigenvalue weighted by Crippen LogP contribution is -2.22. The Morgan fingerprint density at radius 3 is 1.93 bits per heavy atom. The van der Waals surface area contributed by atoms with Gasteiger partial charge in [0.25, 0.3) is 0 Å². The number of hydrogen-bond donors (Lipinski definition) is 1. The molecule has 0 fully saturated rings. The van der Waals surface area contributed by atoms with Crippen LogP contribution in [-0.2, 0) is 9.84 Å². The van der Waals surface area contributed by atoms with Crippen molar-refractivity contribution in [1.29, 1.82) is 0 Å². The summed E-state index contributed by atoms with van der Waals surface area (Å²) in [6.07, 6.45) is 3.72. The van der Waals surface area contributed by atoms with Crippen LogP contribution in [0.4, 0.5) is 0 Å². The average molecular weight is 255 g/mol. The zero-order valence-corrected chi connectivity index (χ0v) is 11.4. The van der Waals surface area contributed by atoms with Crippen molar-refractivity contribution in [2.24, 2.45) is 5.73 Å². The summed E-state index contributed by atoms with van der Waals surface area (Å²) in [5.41, 5.74) is 5.49. The summed E-state index contributed by atoms with van der Waals surface area (Å²) in [6.45, 7) is 3.42. The highest BCUT2D eigenvalue weighted by molar-refractivity contribution is 8.22. The van der Waals surface area contributed by atoms with E-state index in [-0.39, 0.29) is 6.54 Å². The van der Waals surface area contributed by atoms with E-state index in [0.29, 0.717) is 4.91 Å². The molecule has 0 aliphatic carbocycles. The van der Waals surface area contributed by atoms with Crippen LogP contribution in [0, 0.1) is 0 Å². The second-order valence-electron chi connectivity index (χ2n) is 2.92. The predicted octanol–water partition coefficient (Wildman–Crippen LogP) is 1.66. The van der Waals surface area contributed by atoms with Gasteiger partial charge < -0.3 is 5.73 Å². The number of sulfone groups is 1. The molecule has 3 nitrogen and oxygen atoms in total. The van der Waals surface area contributed by atoms with Crippen LogP contribution in [-0.4, -0.2) is 32.7 Å². The van der Waals surface area contributed by atoms with E-state index in [1.54, 1.807) is 13.8 Å². The van der Waals surface area contributed by atoms with E-state index in [1.165, 1.54) is 23.5 Å². The van der Waals surface area contributed by atoms with E-state index >= 15 is 0 Å².